The molecule has 108 valence electrons. The highest BCUT2D eigenvalue weighted by atomic mass is 16.5. The van der Waals surface area contributed by atoms with Crippen LogP contribution in [0.2, 0.25) is 0 Å². The molecule has 1 atom stereocenters. The Kier molecular flexibility index (Phi) is 3.21. The Morgan fingerprint density at radius 3 is 2.86 bits per heavy atom. The number of carboxylic acid groups (broad SMARTS) is 1. The maximum atomic E-state index is 12.6. The number of aliphatic carboxylic acids is 1. The van der Waals surface area contributed by atoms with Crippen LogP contribution in [0.1, 0.15) is 34.0 Å². The minimum absolute atomic E-state index is 0.00379. The second-order valence-corrected chi connectivity index (χ2v) is 5.11. The summed E-state index contributed by atoms with van der Waals surface area (Å²) in [5.74, 6) is -1.17. The molecule has 21 heavy (non-hydrogen) atoms. The molecule has 1 aromatic heterocycles. The number of anilines is 1. The summed E-state index contributed by atoms with van der Waals surface area (Å²) in [6, 6.07) is 7.36. The standard InChI is InChI=1S/C15H14N2O4/c1-9-7-16-21-14(9)15(20)17-8-10(6-13(18)19)11-4-2-3-5-12(11)17/h2-5,7,10H,6,8H2,1H3,(H,18,19). The zero-order chi connectivity index (χ0) is 15.0. The van der Waals surface area contributed by atoms with Gasteiger partial charge in [0.25, 0.3) is 5.91 Å². The van der Waals surface area contributed by atoms with Crippen molar-refractivity contribution in [2.45, 2.75) is 19.3 Å². The monoisotopic (exact) mass is 286 g/mol. The molecular weight excluding hydrogens is 272 g/mol. The van der Waals surface area contributed by atoms with Crippen molar-refractivity contribution in [1.82, 2.24) is 5.16 Å². The highest BCUT2D eigenvalue weighted by molar-refractivity contribution is 6.06. The van der Waals surface area contributed by atoms with Crippen molar-refractivity contribution < 1.29 is 19.2 Å². The highest BCUT2D eigenvalue weighted by Gasteiger charge is 2.35. The largest absolute Gasteiger partial charge is 0.481 e. The first-order chi connectivity index (χ1) is 10.1. The number of benzene rings is 1. The maximum Gasteiger partial charge on any atom is 0.304 e. The third-order valence-corrected chi connectivity index (χ3v) is 3.68. The molecule has 1 N–H and O–H groups in total. The second-order valence-electron chi connectivity index (χ2n) is 5.11. The van der Waals surface area contributed by atoms with Gasteiger partial charge in [-0.1, -0.05) is 23.4 Å². The van der Waals surface area contributed by atoms with Gasteiger partial charge in [0.2, 0.25) is 5.76 Å². The van der Waals surface area contributed by atoms with Crippen LogP contribution in [-0.2, 0) is 4.79 Å². The topological polar surface area (TPSA) is 83.6 Å². The van der Waals surface area contributed by atoms with Crippen molar-refractivity contribution >= 4 is 17.6 Å². The molecule has 6 nitrogen and oxygen atoms in total. The first kappa shape index (κ1) is 13.4. The van der Waals surface area contributed by atoms with Crippen LogP contribution in [0.3, 0.4) is 0 Å². The van der Waals surface area contributed by atoms with E-state index in [0.29, 0.717) is 12.1 Å². The molecule has 0 bridgehead atoms. The van der Waals surface area contributed by atoms with E-state index in [1.807, 2.05) is 24.3 Å². The van der Waals surface area contributed by atoms with Gasteiger partial charge in [-0.05, 0) is 18.6 Å². The average Bonchev–Trinajstić information content (AvgIpc) is 3.02. The first-order valence-electron chi connectivity index (χ1n) is 6.61. The minimum Gasteiger partial charge on any atom is -0.481 e. The van der Waals surface area contributed by atoms with E-state index in [1.54, 1.807) is 11.8 Å². The number of rotatable bonds is 3. The zero-order valence-corrected chi connectivity index (χ0v) is 11.4. The predicted molar refractivity (Wildman–Crippen MR) is 74.4 cm³/mol. The molecule has 1 amide bonds. The van der Waals surface area contributed by atoms with Gasteiger partial charge < -0.3 is 14.5 Å². The normalized spacial score (nSPS) is 16.8. The van der Waals surface area contributed by atoms with Crippen LogP contribution in [0.15, 0.2) is 35.0 Å². The molecule has 0 radical (unpaired) electrons. The zero-order valence-electron chi connectivity index (χ0n) is 11.4. The summed E-state index contributed by atoms with van der Waals surface area (Å²) in [5, 5.41) is 12.6. The molecule has 1 aromatic carbocycles. The molecule has 0 spiro atoms. The van der Waals surface area contributed by atoms with E-state index >= 15 is 0 Å². The summed E-state index contributed by atoms with van der Waals surface area (Å²) in [6.07, 6.45) is 1.49. The van der Waals surface area contributed by atoms with Crippen LogP contribution < -0.4 is 4.90 Å². The quantitative estimate of drug-likeness (QED) is 0.935. The Labute approximate surface area is 121 Å². The van der Waals surface area contributed by atoms with E-state index in [0.717, 1.165) is 11.3 Å². The number of para-hydroxylation sites is 1. The number of carboxylic acids is 1. The van der Waals surface area contributed by atoms with Gasteiger partial charge in [-0.25, -0.2) is 0 Å². The number of hydrogen-bond donors (Lipinski definition) is 1. The molecule has 0 fully saturated rings. The average molecular weight is 286 g/mol. The minimum atomic E-state index is -0.875. The van der Waals surface area contributed by atoms with Crippen molar-refractivity contribution in [2.75, 3.05) is 11.4 Å². The third kappa shape index (κ3) is 2.29. The number of aromatic nitrogens is 1. The lowest BCUT2D eigenvalue weighted by molar-refractivity contribution is -0.137. The lowest BCUT2D eigenvalue weighted by Crippen LogP contribution is -2.30. The van der Waals surface area contributed by atoms with Crippen molar-refractivity contribution in [3.05, 3.63) is 47.3 Å². The molecule has 2 aromatic rings. The van der Waals surface area contributed by atoms with Gasteiger partial charge in [0.15, 0.2) is 0 Å². The van der Waals surface area contributed by atoms with Gasteiger partial charge in [0, 0.05) is 23.7 Å². The van der Waals surface area contributed by atoms with E-state index in [-0.39, 0.29) is 24.0 Å². The molecule has 6 heteroatoms. The Balaban J connectivity index is 1.96. The van der Waals surface area contributed by atoms with E-state index in [1.165, 1.54) is 6.20 Å². The van der Waals surface area contributed by atoms with Gasteiger partial charge in [-0.15, -0.1) is 0 Å². The molecule has 0 saturated carbocycles. The smallest absolute Gasteiger partial charge is 0.304 e. The van der Waals surface area contributed by atoms with E-state index < -0.39 is 5.97 Å². The molecule has 2 heterocycles. The Morgan fingerprint density at radius 1 is 1.43 bits per heavy atom. The van der Waals surface area contributed by atoms with Crippen LogP contribution in [0, 0.1) is 6.92 Å². The summed E-state index contributed by atoms with van der Waals surface area (Å²) in [7, 11) is 0. The number of amides is 1. The van der Waals surface area contributed by atoms with Crippen LogP contribution in [-0.4, -0.2) is 28.7 Å². The van der Waals surface area contributed by atoms with E-state index in [4.69, 9.17) is 9.63 Å². The van der Waals surface area contributed by atoms with Crippen molar-refractivity contribution in [2.24, 2.45) is 0 Å². The summed E-state index contributed by atoms with van der Waals surface area (Å²) < 4.78 is 5.01. The van der Waals surface area contributed by atoms with Gasteiger partial charge in [0.1, 0.15) is 0 Å². The summed E-state index contributed by atoms with van der Waals surface area (Å²) in [6.45, 7) is 2.09. The summed E-state index contributed by atoms with van der Waals surface area (Å²) >= 11 is 0. The second kappa shape index (κ2) is 5.05. The molecule has 1 aliphatic heterocycles. The third-order valence-electron chi connectivity index (χ3n) is 3.68. The van der Waals surface area contributed by atoms with Crippen LogP contribution in [0.5, 0.6) is 0 Å². The number of nitrogens with zero attached hydrogens (tertiary/aromatic N) is 2. The van der Waals surface area contributed by atoms with E-state index in [9.17, 15) is 9.59 Å². The van der Waals surface area contributed by atoms with Crippen LogP contribution >= 0.6 is 0 Å². The van der Waals surface area contributed by atoms with Gasteiger partial charge >= 0.3 is 5.97 Å². The van der Waals surface area contributed by atoms with Gasteiger partial charge in [-0.2, -0.15) is 0 Å². The number of fused-ring (bicyclic) bond motifs is 1. The number of hydrogen-bond acceptors (Lipinski definition) is 4. The van der Waals surface area contributed by atoms with Crippen molar-refractivity contribution in [3.8, 4) is 0 Å². The lowest BCUT2D eigenvalue weighted by atomic mass is 9.98. The Hall–Kier alpha value is -2.63. The molecule has 1 unspecified atom stereocenters. The highest BCUT2D eigenvalue weighted by Crippen LogP contribution is 2.38. The van der Waals surface area contributed by atoms with Crippen LogP contribution in [0.25, 0.3) is 0 Å². The molecular formula is C15H14N2O4. The molecule has 1 aliphatic rings. The predicted octanol–water partition coefficient (Wildman–Crippen LogP) is 2.20. The van der Waals surface area contributed by atoms with E-state index in [2.05, 4.69) is 5.16 Å². The fraction of sp³-hybridized carbons (Fsp3) is 0.267. The Morgan fingerprint density at radius 2 is 2.19 bits per heavy atom. The number of aryl methyl sites for hydroxylation is 1. The number of carbonyl (C=O) groups is 2. The van der Waals surface area contributed by atoms with Crippen molar-refractivity contribution in [3.63, 3.8) is 0 Å². The molecule has 0 aliphatic carbocycles. The van der Waals surface area contributed by atoms with Crippen LogP contribution in [0.4, 0.5) is 5.69 Å². The van der Waals surface area contributed by atoms with Crippen molar-refractivity contribution in [1.29, 1.82) is 0 Å². The molecule has 0 saturated heterocycles. The van der Waals surface area contributed by atoms with Gasteiger partial charge in [0.05, 0.1) is 12.6 Å². The summed E-state index contributed by atoms with van der Waals surface area (Å²) in [5.41, 5.74) is 2.29. The molecule has 3 rings (SSSR count). The fourth-order valence-corrected chi connectivity index (χ4v) is 2.69. The first-order valence-corrected chi connectivity index (χ1v) is 6.61. The van der Waals surface area contributed by atoms with Gasteiger partial charge in [-0.3, -0.25) is 9.59 Å². The Bertz CT molecular complexity index is 707. The maximum absolute atomic E-state index is 12.6. The summed E-state index contributed by atoms with van der Waals surface area (Å²) in [4.78, 5) is 25.1. The SMILES string of the molecule is Cc1cnoc1C(=O)N1CC(CC(=O)O)c2ccccc21. The fourth-order valence-electron chi connectivity index (χ4n) is 2.69. The number of carbonyl (C=O) groups excluding carboxylic acids is 1. The lowest BCUT2D eigenvalue weighted by Gasteiger charge is -2.16.